The number of hydrogen-bond donors (Lipinski definition) is 2. The van der Waals surface area contributed by atoms with Gasteiger partial charge < -0.3 is 15.4 Å². The minimum absolute atomic E-state index is 0.00830. The Balaban J connectivity index is 1.63. The van der Waals surface area contributed by atoms with Crippen LogP contribution in [0.1, 0.15) is 39.1 Å². The molecule has 0 spiro atoms. The first-order valence-electron chi connectivity index (χ1n) is 8.45. The number of Topliss-reactive ketones (excluding diaryl/α,β-unsaturated/α-hetero) is 1. The van der Waals surface area contributed by atoms with Crippen LogP contribution in [0.2, 0.25) is 0 Å². The average Bonchev–Trinajstić information content (AvgIpc) is 2.85. The van der Waals surface area contributed by atoms with Gasteiger partial charge >= 0.3 is 0 Å². The van der Waals surface area contributed by atoms with Gasteiger partial charge in [0.1, 0.15) is 5.75 Å². The monoisotopic (exact) mass is 352 g/mol. The van der Waals surface area contributed by atoms with Crippen molar-refractivity contribution >= 4 is 23.3 Å². The van der Waals surface area contributed by atoms with Gasteiger partial charge in [-0.2, -0.15) is 0 Å². The molecule has 1 aliphatic rings. The Morgan fingerprint density at radius 3 is 2.54 bits per heavy atom. The number of carbonyl (C=O) groups is 3. The van der Waals surface area contributed by atoms with Crippen LogP contribution in [-0.4, -0.2) is 31.3 Å². The highest BCUT2D eigenvalue weighted by atomic mass is 16.5. The summed E-state index contributed by atoms with van der Waals surface area (Å²) in [5.74, 6) is 0.168. The van der Waals surface area contributed by atoms with Crippen LogP contribution in [0, 0.1) is 0 Å². The number of rotatable bonds is 5. The summed E-state index contributed by atoms with van der Waals surface area (Å²) in [7, 11) is 1.56. The molecule has 0 atom stereocenters. The standard InChI is InChI=1S/C20H20N2O4/c1-26-16-8-5-13(6-9-16)18(23)12-21-20(25)15-7-10-17-14(11-15)3-2-4-19(24)22-17/h5-11H,2-4,12H2,1H3,(H,21,25)(H,22,24). The van der Waals surface area contributed by atoms with Crippen LogP contribution in [0.5, 0.6) is 5.75 Å². The van der Waals surface area contributed by atoms with E-state index in [0.717, 1.165) is 24.1 Å². The van der Waals surface area contributed by atoms with E-state index < -0.39 is 0 Å². The van der Waals surface area contributed by atoms with Crippen molar-refractivity contribution < 1.29 is 19.1 Å². The molecule has 0 saturated heterocycles. The quantitative estimate of drug-likeness (QED) is 0.810. The van der Waals surface area contributed by atoms with E-state index in [2.05, 4.69) is 10.6 Å². The van der Waals surface area contributed by atoms with Gasteiger partial charge in [0, 0.05) is 23.2 Å². The van der Waals surface area contributed by atoms with Crippen LogP contribution >= 0.6 is 0 Å². The lowest BCUT2D eigenvalue weighted by atomic mass is 10.0. The van der Waals surface area contributed by atoms with E-state index in [9.17, 15) is 14.4 Å². The maximum Gasteiger partial charge on any atom is 0.251 e. The van der Waals surface area contributed by atoms with Crippen molar-refractivity contribution in [3.63, 3.8) is 0 Å². The number of methoxy groups -OCH3 is 1. The maximum absolute atomic E-state index is 12.3. The highest BCUT2D eigenvalue weighted by Crippen LogP contribution is 2.23. The molecule has 3 rings (SSSR count). The first-order valence-corrected chi connectivity index (χ1v) is 8.45. The van der Waals surface area contributed by atoms with Gasteiger partial charge in [-0.1, -0.05) is 0 Å². The molecule has 6 heteroatoms. The molecule has 134 valence electrons. The third-order valence-corrected chi connectivity index (χ3v) is 4.31. The number of carbonyl (C=O) groups excluding carboxylic acids is 3. The zero-order chi connectivity index (χ0) is 18.5. The number of ketones is 1. The number of ether oxygens (including phenoxy) is 1. The third-order valence-electron chi connectivity index (χ3n) is 4.31. The Bertz CT molecular complexity index is 843. The molecular weight excluding hydrogens is 332 g/mol. The fraction of sp³-hybridized carbons (Fsp3) is 0.250. The lowest BCUT2D eigenvalue weighted by Gasteiger charge is -2.10. The fourth-order valence-corrected chi connectivity index (χ4v) is 2.86. The molecule has 0 radical (unpaired) electrons. The normalized spacial score (nSPS) is 13.2. The van der Waals surface area contributed by atoms with Crippen molar-refractivity contribution in [2.45, 2.75) is 19.3 Å². The fourth-order valence-electron chi connectivity index (χ4n) is 2.86. The highest BCUT2D eigenvalue weighted by Gasteiger charge is 2.16. The summed E-state index contributed by atoms with van der Waals surface area (Å²) in [6, 6.07) is 11.9. The number of aryl methyl sites for hydroxylation is 1. The smallest absolute Gasteiger partial charge is 0.251 e. The summed E-state index contributed by atoms with van der Waals surface area (Å²) in [4.78, 5) is 36.1. The number of benzene rings is 2. The van der Waals surface area contributed by atoms with Crippen molar-refractivity contribution in [3.8, 4) is 5.75 Å². The molecule has 2 amide bonds. The SMILES string of the molecule is COc1ccc(C(=O)CNC(=O)c2ccc3c(c2)CCCC(=O)N3)cc1. The van der Waals surface area contributed by atoms with Gasteiger partial charge in [0.15, 0.2) is 5.78 Å². The Hall–Kier alpha value is -3.15. The van der Waals surface area contributed by atoms with E-state index in [1.807, 2.05) is 0 Å². The third kappa shape index (κ3) is 4.08. The zero-order valence-corrected chi connectivity index (χ0v) is 14.5. The molecule has 2 aromatic rings. The lowest BCUT2D eigenvalue weighted by molar-refractivity contribution is -0.116. The molecule has 6 nitrogen and oxygen atoms in total. The van der Waals surface area contributed by atoms with Crippen LogP contribution in [0.3, 0.4) is 0 Å². The van der Waals surface area contributed by atoms with Crippen LogP contribution in [0.4, 0.5) is 5.69 Å². The number of anilines is 1. The van der Waals surface area contributed by atoms with Gasteiger partial charge in [0.25, 0.3) is 5.91 Å². The van der Waals surface area contributed by atoms with Crippen LogP contribution < -0.4 is 15.4 Å². The Labute approximate surface area is 151 Å². The molecule has 2 N–H and O–H groups in total. The average molecular weight is 352 g/mol. The van der Waals surface area contributed by atoms with E-state index >= 15 is 0 Å². The van der Waals surface area contributed by atoms with E-state index in [0.29, 0.717) is 23.3 Å². The Morgan fingerprint density at radius 1 is 1.08 bits per heavy atom. The highest BCUT2D eigenvalue weighted by molar-refractivity contribution is 6.02. The summed E-state index contributed by atoms with van der Waals surface area (Å²) in [5.41, 5.74) is 2.67. The summed E-state index contributed by atoms with van der Waals surface area (Å²) >= 11 is 0. The summed E-state index contributed by atoms with van der Waals surface area (Å²) in [5, 5.41) is 5.48. The molecule has 0 aromatic heterocycles. The van der Waals surface area contributed by atoms with Crippen molar-refractivity contribution in [2.75, 3.05) is 19.0 Å². The second kappa shape index (κ2) is 7.82. The molecule has 0 unspecified atom stereocenters. The Morgan fingerprint density at radius 2 is 1.81 bits per heavy atom. The van der Waals surface area contributed by atoms with Crippen molar-refractivity contribution in [3.05, 3.63) is 59.2 Å². The second-order valence-electron chi connectivity index (χ2n) is 6.11. The van der Waals surface area contributed by atoms with Crippen molar-refractivity contribution in [2.24, 2.45) is 0 Å². The maximum atomic E-state index is 12.3. The van der Waals surface area contributed by atoms with Crippen LogP contribution in [0.25, 0.3) is 0 Å². The van der Waals surface area contributed by atoms with Gasteiger partial charge in [0.05, 0.1) is 13.7 Å². The number of nitrogens with one attached hydrogen (secondary N) is 2. The minimum atomic E-state index is -0.315. The number of amides is 2. The topological polar surface area (TPSA) is 84.5 Å². The number of hydrogen-bond acceptors (Lipinski definition) is 4. The van der Waals surface area contributed by atoms with E-state index in [1.54, 1.807) is 49.6 Å². The van der Waals surface area contributed by atoms with Crippen molar-refractivity contribution in [1.82, 2.24) is 5.32 Å². The predicted molar refractivity (Wildman–Crippen MR) is 97.7 cm³/mol. The molecule has 0 fully saturated rings. The molecule has 1 heterocycles. The van der Waals surface area contributed by atoms with Gasteiger partial charge in [-0.15, -0.1) is 0 Å². The van der Waals surface area contributed by atoms with Gasteiger partial charge in [-0.3, -0.25) is 14.4 Å². The molecule has 1 aliphatic heterocycles. The summed E-state index contributed by atoms with van der Waals surface area (Å²) < 4.78 is 5.06. The van der Waals surface area contributed by atoms with E-state index in [4.69, 9.17) is 4.74 Å². The van der Waals surface area contributed by atoms with Gasteiger partial charge in [-0.25, -0.2) is 0 Å². The lowest BCUT2D eigenvalue weighted by Crippen LogP contribution is -2.29. The van der Waals surface area contributed by atoms with Crippen LogP contribution in [-0.2, 0) is 11.2 Å². The predicted octanol–water partition coefficient (Wildman–Crippen LogP) is 2.58. The minimum Gasteiger partial charge on any atom is -0.497 e. The molecule has 2 aromatic carbocycles. The van der Waals surface area contributed by atoms with E-state index in [-0.39, 0.29) is 24.1 Å². The number of fused-ring (bicyclic) bond motifs is 1. The first kappa shape index (κ1) is 17.7. The molecule has 0 saturated carbocycles. The summed E-state index contributed by atoms with van der Waals surface area (Å²) in [6.45, 7) is -0.0843. The zero-order valence-electron chi connectivity index (χ0n) is 14.5. The van der Waals surface area contributed by atoms with Crippen molar-refractivity contribution in [1.29, 1.82) is 0 Å². The van der Waals surface area contributed by atoms with Crippen LogP contribution in [0.15, 0.2) is 42.5 Å². The first-order chi connectivity index (χ1) is 12.6. The molecule has 0 aliphatic carbocycles. The molecule has 26 heavy (non-hydrogen) atoms. The Kier molecular flexibility index (Phi) is 5.31. The second-order valence-corrected chi connectivity index (χ2v) is 6.11. The molecule has 0 bridgehead atoms. The van der Waals surface area contributed by atoms with Gasteiger partial charge in [0.2, 0.25) is 5.91 Å². The summed E-state index contributed by atoms with van der Waals surface area (Å²) in [6.07, 6.45) is 1.96. The van der Waals surface area contributed by atoms with E-state index in [1.165, 1.54) is 0 Å². The largest absolute Gasteiger partial charge is 0.497 e. The molecular formula is C20H20N2O4. The van der Waals surface area contributed by atoms with Gasteiger partial charge in [-0.05, 0) is 60.9 Å².